The summed E-state index contributed by atoms with van der Waals surface area (Å²) in [6.45, 7) is 9.98. The van der Waals surface area contributed by atoms with Crippen molar-refractivity contribution in [2.45, 2.75) is 52.6 Å². The Bertz CT molecular complexity index is 1340. The zero-order valence-electron chi connectivity index (χ0n) is 22.0. The number of carbonyl (C=O) groups is 1. The number of amides is 1. The van der Waals surface area contributed by atoms with Crippen LogP contribution in [0.1, 0.15) is 41.9 Å². The Hall–Kier alpha value is -3.30. The maximum atomic E-state index is 13.9. The average Bonchev–Trinajstić information content (AvgIpc) is 3.48. The van der Waals surface area contributed by atoms with Gasteiger partial charge in [-0.15, -0.1) is 0 Å². The summed E-state index contributed by atoms with van der Waals surface area (Å²) < 4.78 is 45.5. The van der Waals surface area contributed by atoms with Crippen molar-refractivity contribution in [3.63, 3.8) is 0 Å². The van der Waals surface area contributed by atoms with E-state index in [1.807, 2.05) is 51.1 Å². The van der Waals surface area contributed by atoms with E-state index in [1.165, 1.54) is 4.31 Å². The third kappa shape index (κ3) is 6.17. The highest BCUT2D eigenvalue weighted by molar-refractivity contribution is 7.89. The summed E-state index contributed by atoms with van der Waals surface area (Å²) in [5, 5.41) is 0. The molecule has 37 heavy (non-hydrogen) atoms. The van der Waals surface area contributed by atoms with Crippen LogP contribution in [0, 0.1) is 26.7 Å². The van der Waals surface area contributed by atoms with Crippen molar-refractivity contribution in [3.8, 4) is 11.5 Å². The minimum Gasteiger partial charge on any atom is -0.467 e. The van der Waals surface area contributed by atoms with Gasteiger partial charge in [-0.3, -0.25) is 4.79 Å². The quantitative estimate of drug-likeness (QED) is 0.377. The van der Waals surface area contributed by atoms with Crippen LogP contribution in [-0.2, 0) is 27.9 Å². The molecule has 0 bridgehead atoms. The number of sulfonamides is 1. The molecule has 0 unspecified atom stereocenters. The van der Waals surface area contributed by atoms with Gasteiger partial charge in [0.1, 0.15) is 5.76 Å². The van der Waals surface area contributed by atoms with Crippen LogP contribution in [0.4, 0.5) is 0 Å². The second kappa shape index (κ2) is 11.0. The Morgan fingerprint density at radius 1 is 0.973 bits per heavy atom. The van der Waals surface area contributed by atoms with Crippen LogP contribution in [0.3, 0.4) is 0 Å². The van der Waals surface area contributed by atoms with Gasteiger partial charge in [-0.05, 0) is 67.6 Å². The first-order valence-corrected chi connectivity index (χ1v) is 13.7. The molecule has 1 aliphatic heterocycles. The number of hydrogen-bond acceptors (Lipinski definition) is 6. The number of carbonyl (C=O) groups excluding carboxylic acids is 1. The fraction of sp³-hybridized carbons (Fsp3) is 0.393. The zero-order valence-corrected chi connectivity index (χ0v) is 22.8. The number of aryl methyl sites for hydroxylation is 3. The highest BCUT2D eigenvalue weighted by Gasteiger charge is 2.32. The number of hydrogen-bond donors (Lipinski definition) is 0. The highest BCUT2D eigenvalue weighted by atomic mass is 32.2. The molecule has 0 atom stereocenters. The van der Waals surface area contributed by atoms with Crippen molar-refractivity contribution in [1.29, 1.82) is 0 Å². The smallest absolute Gasteiger partial charge is 0.244 e. The van der Waals surface area contributed by atoms with Crippen molar-refractivity contribution in [1.82, 2.24) is 9.21 Å². The molecular weight excluding hydrogens is 492 g/mol. The maximum Gasteiger partial charge on any atom is 0.244 e. The van der Waals surface area contributed by atoms with Crippen molar-refractivity contribution < 1.29 is 27.1 Å². The minimum absolute atomic E-state index is 0.0287. The van der Waals surface area contributed by atoms with Crippen LogP contribution in [0.15, 0.2) is 58.0 Å². The molecule has 198 valence electrons. The zero-order chi connectivity index (χ0) is 26.7. The monoisotopic (exact) mass is 526 g/mol. The van der Waals surface area contributed by atoms with Gasteiger partial charge >= 0.3 is 0 Å². The molecule has 0 N–H and O–H groups in total. The van der Waals surface area contributed by atoms with Gasteiger partial charge in [0, 0.05) is 13.1 Å². The van der Waals surface area contributed by atoms with Crippen LogP contribution in [0.25, 0.3) is 0 Å². The van der Waals surface area contributed by atoms with Crippen LogP contribution in [0.5, 0.6) is 11.5 Å². The van der Waals surface area contributed by atoms with E-state index >= 15 is 0 Å². The molecule has 8 nitrogen and oxygen atoms in total. The summed E-state index contributed by atoms with van der Waals surface area (Å²) in [5.74, 6) is 1.60. The second-order valence-corrected chi connectivity index (χ2v) is 11.8. The molecule has 4 rings (SSSR count). The molecule has 1 aromatic heterocycles. The number of benzene rings is 2. The molecule has 0 aliphatic carbocycles. The average molecular weight is 527 g/mol. The predicted octanol–water partition coefficient (Wildman–Crippen LogP) is 4.81. The second-order valence-electron chi connectivity index (χ2n) is 9.94. The summed E-state index contributed by atoms with van der Waals surface area (Å²) in [7, 11) is -3.92. The van der Waals surface area contributed by atoms with E-state index in [1.54, 1.807) is 37.1 Å². The lowest BCUT2D eigenvalue weighted by molar-refractivity contribution is -0.133. The minimum atomic E-state index is -3.92. The summed E-state index contributed by atoms with van der Waals surface area (Å²) in [5.41, 5.74) is 3.18. The molecule has 0 radical (unpaired) electrons. The Morgan fingerprint density at radius 3 is 2.32 bits per heavy atom. The number of fused-ring (bicyclic) bond motifs is 1. The van der Waals surface area contributed by atoms with Gasteiger partial charge < -0.3 is 18.8 Å². The third-order valence-corrected chi connectivity index (χ3v) is 8.29. The Labute approximate surface area is 218 Å². The summed E-state index contributed by atoms with van der Waals surface area (Å²) in [6, 6.07) is 12.8. The summed E-state index contributed by atoms with van der Waals surface area (Å²) >= 11 is 0. The fourth-order valence-corrected chi connectivity index (χ4v) is 6.66. The van der Waals surface area contributed by atoms with Gasteiger partial charge in [-0.1, -0.05) is 37.6 Å². The molecule has 1 aliphatic rings. The van der Waals surface area contributed by atoms with E-state index in [0.29, 0.717) is 28.4 Å². The van der Waals surface area contributed by atoms with Crippen LogP contribution >= 0.6 is 0 Å². The molecule has 0 saturated carbocycles. The molecule has 2 heterocycles. The fourth-order valence-electron chi connectivity index (χ4n) is 4.69. The van der Waals surface area contributed by atoms with Gasteiger partial charge in [-0.2, -0.15) is 4.31 Å². The normalized spacial score (nSPS) is 12.9. The number of ether oxygens (including phenoxy) is 2. The lowest BCUT2D eigenvalue weighted by Crippen LogP contribution is -2.44. The number of furan rings is 1. The predicted molar refractivity (Wildman–Crippen MR) is 140 cm³/mol. The van der Waals surface area contributed by atoms with Crippen molar-refractivity contribution in [2.24, 2.45) is 5.92 Å². The molecule has 1 amide bonds. The van der Waals surface area contributed by atoms with E-state index in [4.69, 9.17) is 13.9 Å². The summed E-state index contributed by atoms with van der Waals surface area (Å²) in [4.78, 5) is 15.6. The Balaban J connectivity index is 1.63. The van der Waals surface area contributed by atoms with E-state index in [-0.39, 0.29) is 49.7 Å². The first-order valence-electron chi connectivity index (χ1n) is 12.3. The van der Waals surface area contributed by atoms with E-state index in [0.717, 1.165) is 11.1 Å². The number of nitrogens with zero attached hydrogens (tertiary/aromatic N) is 2. The largest absolute Gasteiger partial charge is 0.467 e. The maximum absolute atomic E-state index is 13.9. The van der Waals surface area contributed by atoms with E-state index < -0.39 is 10.0 Å². The molecule has 0 spiro atoms. The van der Waals surface area contributed by atoms with E-state index in [9.17, 15) is 13.2 Å². The highest BCUT2D eigenvalue weighted by Crippen LogP contribution is 2.33. The molecule has 0 saturated heterocycles. The van der Waals surface area contributed by atoms with Crippen molar-refractivity contribution in [3.05, 3.63) is 76.7 Å². The van der Waals surface area contributed by atoms with Gasteiger partial charge in [0.2, 0.25) is 22.7 Å². The lowest BCUT2D eigenvalue weighted by atomic mass is 10.1. The molecule has 9 heteroatoms. The molecule has 2 aromatic carbocycles. The van der Waals surface area contributed by atoms with Crippen LogP contribution < -0.4 is 9.47 Å². The third-order valence-electron chi connectivity index (χ3n) is 6.17. The van der Waals surface area contributed by atoms with Crippen molar-refractivity contribution in [2.75, 3.05) is 19.9 Å². The summed E-state index contributed by atoms with van der Waals surface area (Å²) in [6.07, 6.45) is 1.55. The standard InChI is InChI=1S/C28H34N2O6S/c1-19(2)14-30(37(32,33)28-21(4)11-20(3)12-22(28)5)17-27(31)29(16-24-7-6-10-34-24)15-23-8-9-25-26(13-23)36-18-35-25/h6-13,19H,14-18H2,1-5H3. The lowest BCUT2D eigenvalue weighted by Gasteiger charge is -2.29. The number of rotatable bonds is 10. The van der Waals surface area contributed by atoms with Gasteiger partial charge in [-0.25, -0.2) is 8.42 Å². The molecular formula is C28H34N2O6S. The molecule has 3 aromatic rings. The topological polar surface area (TPSA) is 89.3 Å². The van der Waals surface area contributed by atoms with Gasteiger partial charge in [0.15, 0.2) is 11.5 Å². The Kier molecular flexibility index (Phi) is 7.94. The van der Waals surface area contributed by atoms with E-state index in [2.05, 4.69) is 0 Å². The van der Waals surface area contributed by atoms with Gasteiger partial charge in [0.05, 0.1) is 24.2 Å². The van der Waals surface area contributed by atoms with Gasteiger partial charge in [0.25, 0.3) is 0 Å². The molecule has 0 fully saturated rings. The van der Waals surface area contributed by atoms with Crippen molar-refractivity contribution >= 4 is 15.9 Å². The van der Waals surface area contributed by atoms with Crippen LogP contribution in [-0.4, -0.2) is 43.4 Å². The first kappa shape index (κ1) is 26.8. The van der Waals surface area contributed by atoms with Crippen LogP contribution in [0.2, 0.25) is 0 Å². The SMILES string of the molecule is Cc1cc(C)c(S(=O)(=O)N(CC(=O)N(Cc2ccc3c(c2)OCO3)Cc2ccco2)CC(C)C)c(C)c1. The first-order chi connectivity index (χ1) is 17.5. The Morgan fingerprint density at radius 2 is 1.68 bits per heavy atom.